The van der Waals surface area contributed by atoms with E-state index in [0.717, 1.165) is 18.0 Å². The molecule has 0 spiro atoms. The van der Waals surface area contributed by atoms with Crippen LogP contribution in [0, 0.1) is 6.92 Å². The van der Waals surface area contributed by atoms with E-state index in [0.29, 0.717) is 6.61 Å². The highest BCUT2D eigenvalue weighted by molar-refractivity contribution is 5.52. The van der Waals surface area contributed by atoms with E-state index in [4.69, 9.17) is 10.5 Å². The minimum Gasteiger partial charge on any atom is -0.492 e. The number of para-hydroxylation sites is 1. The Balaban J connectivity index is 1.86. The molecule has 0 atom stereocenters. The molecule has 0 aliphatic heterocycles. The molecule has 0 radical (unpaired) electrons. The Bertz CT molecular complexity index is 523. The zero-order valence-electron chi connectivity index (χ0n) is 11.5. The van der Waals surface area contributed by atoms with Crippen molar-refractivity contribution in [2.75, 3.05) is 30.8 Å². The highest BCUT2D eigenvalue weighted by atomic mass is 16.5. The van der Waals surface area contributed by atoms with Crippen LogP contribution in [0.1, 0.15) is 5.56 Å². The number of anilines is 2. The predicted octanol–water partition coefficient (Wildman–Crippen LogP) is 3.09. The highest BCUT2D eigenvalue weighted by Gasteiger charge is 2.03. The van der Waals surface area contributed by atoms with Crippen LogP contribution in [-0.4, -0.2) is 20.2 Å². The smallest absolute Gasteiger partial charge is 0.119 e. The quantitative estimate of drug-likeness (QED) is 0.835. The molecule has 2 aromatic carbocycles. The molecule has 2 N–H and O–H groups in total. The summed E-state index contributed by atoms with van der Waals surface area (Å²) < 4.78 is 5.70. The third-order valence-corrected chi connectivity index (χ3v) is 3.10. The molecule has 0 amide bonds. The van der Waals surface area contributed by atoms with Crippen LogP contribution >= 0.6 is 0 Å². The lowest BCUT2D eigenvalue weighted by Gasteiger charge is -2.21. The molecule has 0 bridgehead atoms. The number of nitrogens with zero attached hydrogens (tertiary/aromatic N) is 1. The summed E-state index contributed by atoms with van der Waals surface area (Å²) in [6, 6.07) is 15.8. The van der Waals surface area contributed by atoms with Crippen molar-refractivity contribution >= 4 is 11.4 Å². The van der Waals surface area contributed by atoms with Gasteiger partial charge in [-0.1, -0.05) is 18.2 Å². The van der Waals surface area contributed by atoms with Crippen molar-refractivity contribution in [2.45, 2.75) is 6.92 Å². The number of hydrogen-bond acceptors (Lipinski definition) is 3. The molecule has 2 aromatic rings. The molecular formula is C16H20N2O. The number of benzene rings is 2. The zero-order valence-corrected chi connectivity index (χ0v) is 11.5. The SMILES string of the molecule is Cc1ccccc1N(C)CCOc1ccc(N)cc1. The molecule has 0 fully saturated rings. The van der Waals surface area contributed by atoms with Crippen molar-refractivity contribution in [1.29, 1.82) is 0 Å². The minimum atomic E-state index is 0.648. The Morgan fingerprint density at radius 1 is 1.05 bits per heavy atom. The molecule has 19 heavy (non-hydrogen) atoms. The van der Waals surface area contributed by atoms with E-state index in [-0.39, 0.29) is 0 Å². The maximum atomic E-state index is 5.70. The lowest BCUT2D eigenvalue weighted by atomic mass is 10.2. The molecule has 3 nitrogen and oxygen atoms in total. The van der Waals surface area contributed by atoms with Crippen molar-refractivity contribution in [3.8, 4) is 5.75 Å². The summed E-state index contributed by atoms with van der Waals surface area (Å²) in [5, 5.41) is 0. The summed E-state index contributed by atoms with van der Waals surface area (Å²) >= 11 is 0. The third kappa shape index (κ3) is 3.65. The van der Waals surface area contributed by atoms with Crippen LogP contribution in [0.2, 0.25) is 0 Å². The number of aryl methyl sites for hydroxylation is 1. The molecule has 0 heterocycles. The van der Waals surface area contributed by atoms with Crippen molar-refractivity contribution in [3.05, 3.63) is 54.1 Å². The van der Waals surface area contributed by atoms with E-state index in [9.17, 15) is 0 Å². The van der Waals surface area contributed by atoms with Crippen LogP contribution < -0.4 is 15.4 Å². The molecule has 0 saturated carbocycles. The lowest BCUT2D eigenvalue weighted by Crippen LogP contribution is -2.24. The van der Waals surface area contributed by atoms with Crippen LogP contribution in [0.4, 0.5) is 11.4 Å². The summed E-state index contributed by atoms with van der Waals surface area (Å²) in [7, 11) is 2.08. The van der Waals surface area contributed by atoms with Gasteiger partial charge in [-0.2, -0.15) is 0 Å². The van der Waals surface area contributed by atoms with Gasteiger partial charge >= 0.3 is 0 Å². The first-order valence-electron chi connectivity index (χ1n) is 6.42. The minimum absolute atomic E-state index is 0.648. The van der Waals surface area contributed by atoms with E-state index in [2.05, 4.69) is 43.1 Å². The highest BCUT2D eigenvalue weighted by Crippen LogP contribution is 2.18. The number of hydrogen-bond donors (Lipinski definition) is 1. The van der Waals surface area contributed by atoms with Gasteiger partial charge in [-0.15, -0.1) is 0 Å². The Morgan fingerprint density at radius 2 is 1.74 bits per heavy atom. The van der Waals surface area contributed by atoms with Crippen molar-refractivity contribution < 1.29 is 4.74 Å². The Labute approximate surface area is 114 Å². The molecule has 100 valence electrons. The number of nitrogens with two attached hydrogens (primary N) is 1. The van der Waals surface area contributed by atoms with Crippen LogP contribution in [0.3, 0.4) is 0 Å². The third-order valence-electron chi connectivity index (χ3n) is 3.10. The summed E-state index contributed by atoms with van der Waals surface area (Å²) in [6.07, 6.45) is 0. The van der Waals surface area contributed by atoms with Crippen LogP contribution in [-0.2, 0) is 0 Å². The fourth-order valence-electron chi connectivity index (χ4n) is 1.98. The molecule has 3 heteroatoms. The average molecular weight is 256 g/mol. The first-order valence-corrected chi connectivity index (χ1v) is 6.42. The van der Waals surface area contributed by atoms with E-state index in [1.807, 2.05) is 24.3 Å². The number of ether oxygens (including phenoxy) is 1. The van der Waals surface area contributed by atoms with Gasteiger partial charge < -0.3 is 15.4 Å². The summed E-state index contributed by atoms with van der Waals surface area (Å²) in [5.74, 6) is 0.854. The van der Waals surface area contributed by atoms with E-state index in [1.54, 1.807) is 0 Å². The number of rotatable bonds is 5. The fraction of sp³-hybridized carbons (Fsp3) is 0.250. The summed E-state index contributed by atoms with van der Waals surface area (Å²) in [4.78, 5) is 2.20. The van der Waals surface area contributed by atoms with E-state index in [1.165, 1.54) is 11.3 Å². The normalized spacial score (nSPS) is 10.2. The first kappa shape index (κ1) is 13.3. The topological polar surface area (TPSA) is 38.5 Å². The molecule has 0 aromatic heterocycles. The number of likely N-dealkylation sites (N-methyl/N-ethyl adjacent to an activating group) is 1. The van der Waals surface area contributed by atoms with Gasteiger partial charge in [-0.3, -0.25) is 0 Å². The van der Waals surface area contributed by atoms with Gasteiger partial charge in [0.05, 0.1) is 6.54 Å². The molecule has 0 aliphatic rings. The van der Waals surface area contributed by atoms with Gasteiger partial charge in [0, 0.05) is 18.4 Å². The zero-order chi connectivity index (χ0) is 13.7. The van der Waals surface area contributed by atoms with Gasteiger partial charge in [0.2, 0.25) is 0 Å². The largest absolute Gasteiger partial charge is 0.492 e. The second-order valence-electron chi connectivity index (χ2n) is 4.63. The number of nitrogen functional groups attached to an aromatic ring is 1. The van der Waals surface area contributed by atoms with Crippen molar-refractivity contribution in [2.24, 2.45) is 0 Å². The van der Waals surface area contributed by atoms with E-state index >= 15 is 0 Å². The van der Waals surface area contributed by atoms with Gasteiger partial charge in [0.1, 0.15) is 12.4 Å². The standard InChI is InChI=1S/C16H20N2O/c1-13-5-3-4-6-16(13)18(2)11-12-19-15-9-7-14(17)8-10-15/h3-10H,11-12,17H2,1-2H3. The monoisotopic (exact) mass is 256 g/mol. The van der Waals surface area contributed by atoms with Gasteiger partial charge in [0.15, 0.2) is 0 Å². The van der Waals surface area contributed by atoms with Crippen molar-refractivity contribution in [1.82, 2.24) is 0 Å². The van der Waals surface area contributed by atoms with Crippen LogP contribution in [0.15, 0.2) is 48.5 Å². The average Bonchev–Trinajstić information content (AvgIpc) is 2.41. The van der Waals surface area contributed by atoms with E-state index < -0.39 is 0 Å². The van der Waals surface area contributed by atoms with Crippen molar-refractivity contribution in [3.63, 3.8) is 0 Å². The molecular weight excluding hydrogens is 236 g/mol. The van der Waals surface area contributed by atoms with Crippen LogP contribution in [0.25, 0.3) is 0 Å². The van der Waals surface area contributed by atoms with Crippen LogP contribution in [0.5, 0.6) is 5.75 Å². The lowest BCUT2D eigenvalue weighted by molar-refractivity contribution is 0.326. The maximum Gasteiger partial charge on any atom is 0.119 e. The second kappa shape index (κ2) is 6.14. The Hall–Kier alpha value is -2.16. The van der Waals surface area contributed by atoms with Gasteiger partial charge in [0.25, 0.3) is 0 Å². The second-order valence-corrected chi connectivity index (χ2v) is 4.63. The Morgan fingerprint density at radius 3 is 2.42 bits per heavy atom. The summed E-state index contributed by atoms with van der Waals surface area (Å²) in [6.45, 7) is 3.61. The van der Waals surface area contributed by atoms with Gasteiger partial charge in [-0.05, 0) is 42.8 Å². The Kier molecular flexibility index (Phi) is 4.29. The summed E-state index contributed by atoms with van der Waals surface area (Å²) in [5.41, 5.74) is 8.90. The maximum absolute atomic E-state index is 5.70. The molecule has 0 saturated heterocycles. The molecule has 2 rings (SSSR count). The molecule has 0 unspecified atom stereocenters. The first-order chi connectivity index (χ1) is 9.16. The molecule has 0 aliphatic carbocycles. The predicted molar refractivity (Wildman–Crippen MR) is 80.8 cm³/mol. The fourth-order valence-corrected chi connectivity index (χ4v) is 1.98. The van der Waals surface area contributed by atoms with Gasteiger partial charge in [-0.25, -0.2) is 0 Å².